The van der Waals surface area contributed by atoms with E-state index in [0.29, 0.717) is 28.9 Å². The maximum atomic E-state index is 13.2. The van der Waals surface area contributed by atoms with Crippen LogP contribution in [0.2, 0.25) is 0 Å². The fourth-order valence-electron chi connectivity index (χ4n) is 3.71. The molecule has 0 aliphatic carbocycles. The average Bonchev–Trinajstić information content (AvgIpc) is 2.83. The third-order valence-corrected chi connectivity index (χ3v) is 5.36. The van der Waals surface area contributed by atoms with Crippen molar-refractivity contribution < 1.29 is 23.5 Å². The van der Waals surface area contributed by atoms with Gasteiger partial charge in [0.05, 0.1) is 12.7 Å². The summed E-state index contributed by atoms with van der Waals surface area (Å²) in [5.41, 5.74) is 3.48. The molecular formula is C25H21FN2O4. The number of nitrogens with one attached hydrogen (secondary N) is 1. The van der Waals surface area contributed by atoms with E-state index < -0.39 is 11.8 Å². The summed E-state index contributed by atoms with van der Waals surface area (Å²) in [5.74, 6) is -1.33. The zero-order valence-corrected chi connectivity index (χ0v) is 17.4. The predicted molar refractivity (Wildman–Crippen MR) is 119 cm³/mol. The maximum absolute atomic E-state index is 13.2. The van der Waals surface area contributed by atoms with Crippen molar-refractivity contribution in [1.29, 1.82) is 0 Å². The number of methoxy groups -OCH3 is 1. The van der Waals surface area contributed by atoms with Crippen LogP contribution in [0.15, 0.2) is 66.7 Å². The van der Waals surface area contributed by atoms with Gasteiger partial charge < -0.3 is 15.0 Å². The van der Waals surface area contributed by atoms with Crippen LogP contribution in [0.25, 0.3) is 0 Å². The number of amides is 2. The second-order valence-electron chi connectivity index (χ2n) is 7.43. The molecule has 2 amide bonds. The number of nitrogens with zero attached hydrogens (tertiary/aromatic N) is 1. The zero-order valence-electron chi connectivity index (χ0n) is 17.4. The van der Waals surface area contributed by atoms with Crippen LogP contribution in [-0.2, 0) is 11.2 Å². The molecule has 162 valence electrons. The minimum Gasteiger partial charge on any atom is -0.465 e. The normalized spacial score (nSPS) is 12.6. The summed E-state index contributed by atoms with van der Waals surface area (Å²) in [7, 11) is 1.31. The molecule has 0 atom stereocenters. The largest absolute Gasteiger partial charge is 0.465 e. The summed E-state index contributed by atoms with van der Waals surface area (Å²) in [6.07, 6.45) is 1.51. The molecule has 6 nitrogen and oxygen atoms in total. The van der Waals surface area contributed by atoms with Gasteiger partial charge in [-0.15, -0.1) is 0 Å². The lowest BCUT2D eigenvalue weighted by molar-refractivity contribution is 0.0600. The number of ether oxygens (including phenoxy) is 1. The summed E-state index contributed by atoms with van der Waals surface area (Å²) in [6.45, 7) is 0.557. The molecule has 4 rings (SSSR count). The Bertz CT molecular complexity index is 1170. The van der Waals surface area contributed by atoms with Gasteiger partial charge >= 0.3 is 5.97 Å². The van der Waals surface area contributed by atoms with Crippen LogP contribution in [0.1, 0.15) is 43.1 Å². The number of carbonyl (C=O) groups excluding carboxylic acids is 3. The van der Waals surface area contributed by atoms with E-state index in [2.05, 4.69) is 10.1 Å². The van der Waals surface area contributed by atoms with Crippen molar-refractivity contribution in [2.24, 2.45) is 0 Å². The molecule has 1 N–H and O–H groups in total. The highest BCUT2D eigenvalue weighted by molar-refractivity contribution is 6.08. The van der Waals surface area contributed by atoms with Gasteiger partial charge in [0.2, 0.25) is 0 Å². The minimum atomic E-state index is -0.447. The molecule has 0 bridgehead atoms. The van der Waals surface area contributed by atoms with Crippen molar-refractivity contribution in [2.75, 3.05) is 23.9 Å². The Labute approximate surface area is 184 Å². The molecule has 1 aliphatic heterocycles. The van der Waals surface area contributed by atoms with Crippen molar-refractivity contribution in [2.45, 2.75) is 12.8 Å². The van der Waals surface area contributed by atoms with Crippen LogP contribution in [0.5, 0.6) is 0 Å². The molecular weight excluding hydrogens is 411 g/mol. The molecule has 0 fully saturated rings. The van der Waals surface area contributed by atoms with Crippen LogP contribution in [0, 0.1) is 5.82 Å². The molecule has 0 unspecified atom stereocenters. The number of anilines is 2. The Morgan fingerprint density at radius 1 is 0.906 bits per heavy atom. The van der Waals surface area contributed by atoms with Gasteiger partial charge in [-0.25, -0.2) is 9.18 Å². The van der Waals surface area contributed by atoms with Gasteiger partial charge in [0.1, 0.15) is 5.82 Å². The highest BCUT2D eigenvalue weighted by atomic mass is 19.1. The Morgan fingerprint density at radius 2 is 1.56 bits per heavy atom. The number of aryl methyl sites for hydroxylation is 1. The third-order valence-electron chi connectivity index (χ3n) is 5.36. The van der Waals surface area contributed by atoms with E-state index in [4.69, 9.17) is 0 Å². The molecule has 3 aromatic carbocycles. The van der Waals surface area contributed by atoms with Crippen LogP contribution in [0.4, 0.5) is 15.8 Å². The topological polar surface area (TPSA) is 75.7 Å². The fourth-order valence-corrected chi connectivity index (χ4v) is 3.71. The molecule has 3 aromatic rings. The SMILES string of the molecule is COC(=O)c1ccc(NC(=O)c2ccc3c(c2)CCCN3C(=O)c2ccc(F)cc2)cc1. The number of benzene rings is 3. The second kappa shape index (κ2) is 9.01. The predicted octanol–water partition coefficient (Wildman–Crippen LogP) is 4.46. The lowest BCUT2D eigenvalue weighted by Gasteiger charge is -2.30. The van der Waals surface area contributed by atoms with Gasteiger partial charge in [0, 0.05) is 29.0 Å². The lowest BCUT2D eigenvalue weighted by atomic mass is 9.98. The van der Waals surface area contributed by atoms with Crippen molar-refractivity contribution in [3.63, 3.8) is 0 Å². The van der Waals surface area contributed by atoms with Gasteiger partial charge in [0.25, 0.3) is 11.8 Å². The van der Waals surface area contributed by atoms with E-state index in [0.717, 1.165) is 24.1 Å². The number of esters is 1. The molecule has 0 saturated carbocycles. The third kappa shape index (κ3) is 4.37. The number of hydrogen-bond acceptors (Lipinski definition) is 4. The molecule has 7 heteroatoms. The number of halogens is 1. The van der Waals surface area contributed by atoms with Crippen LogP contribution < -0.4 is 10.2 Å². The molecule has 0 aromatic heterocycles. The van der Waals surface area contributed by atoms with Gasteiger partial charge in [-0.3, -0.25) is 9.59 Å². The van der Waals surface area contributed by atoms with E-state index in [1.165, 1.54) is 31.4 Å². The van der Waals surface area contributed by atoms with E-state index >= 15 is 0 Å². The van der Waals surface area contributed by atoms with Crippen molar-refractivity contribution in [3.8, 4) is 0 Å². The number of rotatable bonds is 4. The molecule has 0 saturated heterocycles. The number of hydrogen-bond donors (Lipinski definition) is 1. The van der Waals surface area contributed by atoms with Crippen molar-refractivity contribution >= 4 is 29.2 Å². The van der Waals surface area contributed by atoms with Gasteiger partial charge in [-0.1, -0.05) is 0 Å². The Hall–Kier alpha value is -4.00. The van der Waals surface area contributed by atoms with Gasteiger partial charge in [-0.2, -0.15) is 0 Å². The summed E-state index contributed by atoms with van der Waals surface area (Å²) < 4.78 is 17.9. The van der Waals surface area contributed by atoms with Crippen molar-refractivity contribution in [1.82, 2.24) is 0 Å². The molecule has 1 aliphatic rings. The van der Waals surface area contributed by atoms with Gasteiger partial charge in [-0.05, 0) is 85.1 Å². The second-order valence-corrected chi connectivity index (χ2v) is 7.43. The molecule has 1 heterocycles. The van der Waals surface area contributed by atoms with E-state index in [9.17, 15) is 18.8 Å². The molecule has 0 spiro atoms. The summed E-state index contributed by atoms with van der Waals surface area (Å²) in [6, 6.07) is 17.1. The first-order valence-electron chi connectivity index (χ1n) is 10.2. The number of fused-ring (bicyclic) bond motifs is 1. The first-order chi connectivity index (χ1) is 15.5. The summed E-state index contributed by atoms with van der Waals surface area (Å²) >= 11 is 0. The fraction of sp³-hybridized carbons (Fsp3) is 0.160. The smallest absolute Gasteiger partial charge is 0.337 e. The average molecular weight is 432 g/mol. The Balaban J connectivity index is 1.51. The summed E-state index contributed by atoms with van der Waals surface area (Å²) in [4.78, 5) is 38.8. The van der Waals surface area contributed by atoms with E-state index in [1.54, 1.807) is 47.4 Å². The van der Waals surface area contributed by atoms with Crippen molar-refractivity contribution in [3.05, 3.63) is 94.8 Å². The highest BCUT2D eigenvalue weighted by Crippen LogP contribution is 2.30. The standard InChI is InChI=1S/C25H21FN2O4/c1-32-25(31)17-6-11-21(12-7-17)27-23(29)19-8-13-22-18(15-19)3-2-14-28(22)24(30)16-4-9-20(26)10-5-16/h4-13,15H,2-3,14H2,1H3,(H,27,29). The lowest BCUT2D eigenvalue weighted by Crippen LogP contribution is -2.35. The first kappa shape index (κ1) is 21.2. The highest BCUT2D eigenvalue weighted by Gasteiger charge is 2.24. The Kier molecular flexibility index (Phi) is 5.98. The minimum absolute atomic E-state index is 0.200. The van der Waals surface area contributed by atoms with E-state index in [1.807, 2.05) is 0 Å². The maximum Gasteiger partial charge on any atom is 0.337 e. The monoisotopic (exact) mass is 432 g/mol. The molecule has 0 radical (unpaired) electrons. The summed E-state index contributed by atoms with van der Waals surface area (Å²) in [5, 5.41) is 2.81. The first-order valence-corrected chi connectivity index (χ1v) is 10.2. The van der Waals surface area contributed by atoms with Crippen LogP contribution in [-0.4, -0.2) is 31.4 Å². The van der Waals surface area contributed by atoms with Crippen LogP contribution in [0.3, 0.4) is 0 Å². The Morgan fingerprint density at radius 3 is 2.25 bits per heavy atom. The number of carbonyl (C=O) groups is 3. The van der Waals surface area contributed by atoms with Gasteiger partial charge in [0.15, 0.2) is 0 Å². The zero-order chi connectivity index (χ0) is 22.7. The van der Waals surface area contributed by atoms with E-state index in [-0.39, 0.29) is 11.8 Å². The molecule has 32 heavy (non-hydrogen) atoms. The quantitative estimate of drug-likeness (QED) is 0.618. The van der Waals surface area contributed by atoms with Crippen LogP contribution >= 0.6 is 0 Å².